The van der Waals surface area contributed by atoms with Gasteiger partial charge in [-0.3, -0.25) is 0 Å². The maximum atomic E-state index is 3.97. The number of hydrogen-bond acceptors (Lipinski definition) is 1. The highest BCUT2D eigenvalue weighted by atomic mass is 32.1. The molecule has 8 aromatic carbocycles. The highest BCUT2D eigenvalue weighted by Gasteiger charge is 2.36. The number of hydrogen-bond donors (Lipinski definition) is 0. The normalized spacial score (nSPS) is 15.2. The van der Waals surface area contributed by atoms with Crippen molar-refractivity contribution in [2.75, 3.05) is 0 Å². The van der Waals surface area contributed by atoms with Crippen molar-refractivity contribution in [1.82, 2.24) is 0 Å². The van der Waals surface area contributed by atoms with E-state index in [4.69, 9.17) is 0 Å². The zero-order valence-electron chi connectivity index (χ0n) is 33.7. The van der Waals surface area contributed by atoms with Crippen LogP contribution < -0.4 is 0 Å². The summed E-state index contributed by atoms with van der Waals surface area (Å²) in [5.41, 5.74) is 18.3. The van der Waals surface area contributed by atoms with Gasteiger partial charge in [-0.1, -0.05) is 168 Å². The molecule has 0 radical (unpaired) electrons. The van der Waals surface area contributed by atoms with Gasteiger partial charge in [0.15, 0.2) is 0 Å². The number of fused-ring (bicyclic) bond motifs is 9. The Hall–Kier alpha value is -6.28. The third kappa shape index (κ3) is 4.87. The summed E-state index contributed by atoms with van der Waals surface area (Å²) >= 11 is 1.89. The Labute approximate surface area is 345 Å². The lowest BCUT2D eigenvalue weighted by molar-refractivity contribution is 0.654. The van der Waals surface area contributed by atoms with Crippen LogP contribution in [0.5, 0.6) is 0 Å². The second kappa shape index (κ2) is 12.6. The van der Waals surface area contributed by atoms with Crippen LogP contribution in [0.4, 0.5) is 0 Å². The van der Waals surface area contributed by atoms with E-state index in [1.165, 1.54) is 120 Å². The maximum absolute atomic E-state index is 3.97. The van der Waals surface area contributed by atoms with E-state index >= 15 is 0 Å². The highest BCUT2D eigenvalue weighted by Crippen LogP contribution is 2.53. The van der Waals surface area contributed by atoms with E-state index in [2.05, 4.69) is 199 Å². The van der Waals surface area contributed by atoms with E-state index in [-0.39, 0.29) is 10.8 Å². The van der Waals surface area contributed by atoms with Crippen molar-refractivity contribution in [1.29, 1.82) is 0 Å². The number of allylic oxidation sites excluding steroid dienone is 5. The molecule has 0 unspecified atom stereocenters. The summed E-state index contributed by atoms with van der Waals surface area (Å²) < 4.78 is 2.65. The molecule has 1 heteroatoms. The number of benzene rings is 8. The molecular formula is C57H44S. The highest BCUT2D eigenvalue weighted by molar-refractivity contribution is 7.26. The van der Waals surface area contributed by atoms with E-state index in [0.29, 0.717) is 0 Å². The SMILES string of the molecule is C=C/C=C\C1=C(C)c2cc(-c3c4ccccc4c(-c4cccc5sc6ccccc6c45)c4ccc(-c5ccc6c(c5)C(C)(C)c5ccccc5-6)cc34)ccc2C1(C)C. The molecule has 11 rings (SSSR count). The van der Waals surface area contributed by atoms with Crippen LogP contribution in [0.15, 0.2) is 176 Å². The van der Waals surface area contributed by atoms with Gasteiger partial charge in [0.1, 0.15) is 0 Å². The van der Waals surface area contributed by atoms with Crippen molar-refractivity contribution in [2.24, 2.45) is 0 Å². The van der Waals surface area contributed by atoms with Gasteiger partial charge in [0.25, 0.3) is 0 Å². The van der Waals surface area contributed by atoms with Crippen LogP contribution in [0.25, 0.3) is 91.8 Å². The summed E-state index contributed by atoms with van der Waals surface area (Å²) in [6.07, 6.45) is 6.20. The fourth-order valence-electron chi connectivity index (χ4n) is 10.6. The Morgan fingerprint density at radius 1 is 0.466 bits per heavy atom. The second-order valence-electron chi connectivity index (χ2n) is 17.3. The Morgan fingerprint density at radius 3 is 1.91 bits per heavy atom. The smallest absolute Gasteiger partial charge is 0.0361 e. The van der Waals surface area contributed by atoms with Crippen LogP contribution in [0.1, 0.15) is 56.9 Å². The van der Waals surface area contributed by atoms with Gasteiger partial charge in [-0.2, -0.15) is 0 Å². The first-order chi connectivity index (χ1) is 28.2. The summed E-state index contributed by atoms with van der Waals surface area (Å²) in [7, 11) is 0. The third-order valence-electron chi connectivity index (χ3n) is 13.5. The first-order valence-electron chi connectivity index (χ1n) is 20.5. The van der Waals surface area contributed by atoms with Crippen molar-refractivity contribution in [2.45, 2.75) is 45.4 Å². The largest absolute Gasteiger partial charge is 0.135 e. The standard InChI is InChI=1S/C57H44S/c1-7-8-21-47-34(2)45-32-37(27-30-49(45)56(47,3)4)53-40-17-9-10-18-41(40)54(44-20-15-24-52-55(44)43-19-12-14-23-51(43)58-52)42-29-26-35(31-46(42)53)36-25-28-39-38-16-11-13-22-48(38)57(5,6)50(39)33-36/h7-33H,1H2,2-6H3/b21-8-. The zero-order chi connectivity index (χ0) is 39.5. The minimum Gasteiger partial charge on any atom is -0.135 e. The van der Waals surface area contributed by atoms with Crippen LogP contribution >= 0.6 is 11.3 Å². The van der Waals surface area contributed by atoms with Crippen molar-refractivity contribution in [3.63, 3.8) is 0 Å². The third-order valence-corrected chi connectivity index (χ3v) is 14.6. The summed E-state index contributed by atoms with van der Waals surface area (Å²) in [5.74, 6) is 0. The molecule has 0 aliphatic heterocycles. The first-order valence-corrected chi connectivity index (χ1v) is 21.3. The number of thiophene rings is 1. The molecule has 0 saturated carbocycles. The quantitative estimate of drug-likeness (QED) is 0.121. The Kier molecular flexibility index (Phi) is 7.59. The molecule has 1 aromatic heterocycles. The first kappa shape index (κ1) is 34.9. The molecule has 58 heavy (non-hydrogen) atoms. The van der Waals surface area contributed by atoms with Crippen molar-refractivity contribution >= 4 is 58.6 Å². The van der Waals surface area contributed by atoms with E-state index < -0.39 is 0 Å². The molecule has 1 heterocycles. The molecular weight excluding hydrogens is 717 g/mol. The predicted molar refractivity (Wildman–Crippen MR) is 253 cm³/mol. The second-order valence-corrected chi connectivity index (χ2v) is 18.4. The molecule has 2 aliphatic rings. The molecule has 0 bridgehead atoms. The van der Waals surface area contributed by atoms with Gasteiger partial charge in [0.2, 0.25) is 0 Å². The summed E-state index contributed by atoms with van der Waals surface area (Å²) in [5, 5.41) is 7.76. The average molecular weight is 761 g/mol. The summed E-state index contributed by atoms with van der Waals surface area (Å²) in [4.78, 5) is 0. The lowest BCUT2D eigenvalue weighted by Crippen LogP contribution is -2.16. The lowest BCUT2D eigenvalue weighted by Gasteiger charge is -2.24. The molecule has 0 amide bonds. The Morgan fingerprint density at radius 2 is 1.09 bits per heavy atom. The van der Waals surface area contributed by atoms with E-state index in [0.717, 1.165) is 0 Å². The molecule has 0 saturated heterocycles. The van der Waals surface area contributed by atoms with E-state index in [1.54, 1.807) is 0 Å². The van der Waals surface area contributed by atoms with Crippen LogP contribution in [-0.4, -0.2) is 0 Å². The van der Waals surface area contributed by atoms with Crippen LogP contribution in [0.3, 0.4) is 0 Å². The Bertz CT molecular complexity index is 3300. The average Bonchev–Trinajstić information content (AvgIpc) is 3.80. The van der Waals surface area contributed by atoms with Gasteiger partial charge >= 0.3 is 0 Å². The molecule has 2 aliphatic carbocycles. The van der Waals surface area contributed by atoms with Gasteiger partial charge < -0.3 is 0 Å². The van der Waals surface area contributed by atoms with Crippen LogP contribution in [-0.2, 0) is 10.8 Å². The molecule has 278 valence electrons. The van der Waals surface area contributed by atoms with Gasteiger partial charge in [-0.25, -0.2) is 0 Å². The maximum Gasteiger partial charge on any atom is 0.0361 e. The molecule has 0 fully saturated rings. The number of rotatable bonds is 5. The molecule has 0 spiro atoms. The summed E-state index contributed by atoms with van der Waals surface area (Å²) in [6.45, 7) is 15.7. The van der Waals surface area contributed by atoms with E-state index in [1.807, 2.05) is 17.4 Å². The minimum atomic E-state index is -0.0956. The van der Waals surface area contributed by atoms with Gasteiger partial charge in [0, 0.05) is 31.0 Å². The van der Waals surface area contributed by atoms with Crippen LogP contribution in [0, 0.1) is 0 Å². The van der Waals surface area contributed by atoms with Gasteiger partial charge in [-0.05, 0) is 137 Å². The van der Waals surface area contributed by atoms with Crippen molar-refractivity contribution < 1.29 is 0 Å². The van der Waals surface area contributed by atoms with Crippen molar-refractivity contribution in [3.05, 3.63) is 198 Å². The van der Waals surface area contributed by atoms with E-state index in [9.17, 15) is 0 Å². The predicted octanol–water partition coefficient (Wildman–Crippen LogP) is 16.5. The summed E-state index contributed by atoms with van der Waals surface area (Å²) in [6, 6.07) is 55.5. The fraction of sp³-hybridized carbons (Fsp3) is 0.123. The van der Waals surface area contributed by atoms with Crippen molar-refractivity contribution in [3.8, 4) is 44.5 Å². The van der Waals surface area contributed by atoms with Gasteiger partial charge in [0.05, 0.1) is 0 Å². The molecule has 0 nitrogen and oxygen atoms in total. The lowest BCUT2D eigenvalue weighted by atomic mass is 9.79. The monoisotopic (exact) mass is 760 g/mol. The molecule has 0 atom stereocenters. The van der Waals surface area contributed by atoms with Crippen LogP contribution in [0.2, 0.25) is 0 Å². The topological polar surface area (TPSA) is 0 Å². The Balaban J connectivity index is 1.22. The minimum absolute atomic E-state index is 0.0708. The molecule has 9 aromatic rings. The fourth-order valence-corrected chi connectivity index (χ4v) is 11.8. The zero-order valence-corrected chi connectivity index (χ0v) is 34.5. The van der Waals surface area contributed by atoms with Gasteiger partial charge in [-0.15, -0.1) is 11.3 Å². The molecule has 0 N–H and O–H groups in total.